The summed E-state index contributed by atoms with van der Waals surface area (Å²) in [5.74, 6) is 1.55. The molecule has 2 aromatic rings. The van der Waals surface area contributed by atoms with Gasteiger partial charge in [0.1, 0.15) is 11.6 Å². The lowest BCUT2D eigenvalue weighted by atomic mass is 10.2. The van der Waals surface area contributed by atoms with E-state index in [0.717, 1.165) is 17.3 Å². The molecule has 2 aromatic heterocycles. The molecular weight excluding hydrogens is 374 g/mol. The van der Waals surface area contributed by atoms with E-state index in [-0.39, 0.29) is 5.91 Å². The summed E-state index contributed by atoms with van der Waals surface area (Å²) < 4.78 is 12.6. The maximum atomic E-state index is 12.8. The lowest BCUT2D eigenvalue weighted by Crippen LogP contribution is -2.49. The van der Waals surface area contributed by atoms with Crippen molar-refractivity contribution in [1.29, 1.82) is 0 Å². The highest BCUT2D eigenvalue weighted by molar-refractivity contribution is 5.92. The Morgan fingerprint density at radius 1 is 1.10 bits per heavy atom. The fourth-order valence-electron chi connectivity index (χ4n) is 3.32. The minimum atomic E-state index is -0.405. The van der Waals surface area contributed by atoms with Crippen LogP contribution in [-0.2, 0) is 16.0 Å². The van der Waals surface area contributed by atoms with Gasteiger partial charge in [0.15, 0.2) is 12.0 Å². The van der Waals surface area contributed by atoms with Crippen LogP contribution < -0.4 is 4.90 Å². The molecule has 3 rings (SSSR count). The summed E-state index contributed by atoms with van der Waals surface area (Å²) in [5.41, 5.74) is 1.28. The fourth-order valence-corrected chi connectivity index (χ4v) is 3.32. The topological polar surface area (TPSA) is 98.5 Å². The highest BCUT2D eigenvalue weighted by Gasteiger charge is 2.25. The Morgan fingerprint density at radius 2 is 1.79 bits per heavy atom. The van der Waals surface area contributed by atoms with Crippen LogP contribution in [0.4, 0.5) is 5.82 Å². The van der Waals surface area contributed by atoms with Crippen LogP contribution in [0.3, 0.4) is 0 Å². The molecule has 1 fully saturated rings. The third-order valence-corrected chi connectivity index (χ3v) is 4.64. The second-order valence-corrected chi connectivity index (χ2v) is 6.86. The van der Waals surface area contributed by atoms with Crippen molar-refractivity contribution in [2.45, 2.75) is 40.5 Å². The smallest absolute Gasteiger partial charge is 0.276 e. The average molecular weight is 403 g/mol. The van der Waals surface area contributed by atoms with Gasteiger partial charge < -0.3 is 19.3 Å². The molecule has 0 unspecified atom stereocenters. The van der Waals surface area contributed by atoms with Crippen molar-refractivity contribution in [3.05, 3.63) is 29.5 Å². The third-order valence-electron chi connectivity index (χ3n) is 4.64. The minimum absolute atomic E-state index is 0.115. The van der Waals surface area contributed by atoms with Gasteiger partial charge in [-0.15, -0.1) is 5.10 Å². The second-order valence-electron chi connectivity index (χ2n) is 6.86. The normalized spacial score (nSPS) is 14.7. The number of amides is 1. The molecule has 0 spiro atoms. The maximum absolute atomic E-state index is 12.8. The molecule has 0 N–H and O–H groups in total. The van der Waals surface area contributed by atoms with Gasteiger partial charge in [-0.05, 0) is 27.7 Å². The summed E-state index contributed by atoms with van der Waals surface area (Å²) in [6.07, 6.45) is 1.25. The number of carbonyl (C=O) groups excluding carboxylic acids is 1. The van der Waals surface area contributed by atoms with Gasteiger partial charge in [-0.25, -0.2) is 14.6 Å². The van der Waals surface area contributed by atoms with E-state index >= 15 is 0 Å². The SMILES string of the molecule is CCOC(Cn1cc(C(=O)N2CCN(c3cc(C)nc(C)n3)CC2)nn1)OCC. The third kappa shape index (κ3) is 5.48. The first-order valence-corrected chi connectivity index (χ1v) is 10.00. The van der Waals surface area contributed by atoms with Crippen LogP contribution in [0.15, 0.2) is 12.3 Å². The summed E-state index contributed by atoms with van der Waals surface area (Å²) >= 11 is 0. The Kier molecular flexibility index (Phi) is 7.10. The molecule has 0 radical (unpaired) electrons. The van der Waals surface area contributed by atoms with E-state index in [0.29, 0.717) is 51.6 Å². The summed E-state index contributed by atoms with van der Waals surface area (Å²) in [6, 6.07) is 1.98. The molecule has 1 aliphatic rings. The monoisotopic (exact) mass is 403 g/mol. The number of aryl methyl sites for hydroxylation is 2. The van der Waals surface area contributed by atoms with E-state index in [4.69, 9.17) is 9.47 Å². The zero-order valence-electron chi connectivity index (χ0n) is 17.5. The van der Waals surface area contributed by atoms with Gasteiger partial charge in [-0.1, -0.05) is 5.21 Å². The molecule has 0 atom stereocenters. The molecule has 0 aromatic carbocycles. The Bertz CT molecular complexity index is 792. The number of rotatable bonds is 8. The van der Waals surface area contributed by atoms with Crippen molar-refractivity contribution in [3.63, 3.8) is 0 Å². The van der Waals surface area contributed by atoms with Crippen LogP contribution in [0.5, 0.6) is 0 Å². The summed E-state index contributed by atoms with van der Waals surface area (Å²) in [6.45, 7) is 11.8. The van der Waals surface area contributed by atoms with E-state index < -0.39 is 6.29 Å². The molecular formula is C19H29N7O3. The molecule has 10 nitrogen and oxygen atoms in total. The summed E-state index contributed by atoms with van der Waals surface area (Å²) in [7, 11) is 0. The van der Waals surface area contributed by atoms with Gasteiger partial charge in [0.2, 0.25) is 0 Å². The lowest BCUT2D eigenvalue weighted by molar-refractivity contribution is -0.145. The molecule has 1 aliphatic heterocycles. The molecule has 3 heterocycles. The largest absolute Gasteiger partial charge is 0.353 e. The van der Waals surface area contributed by atoms with E-state index in [1.807, 2.05) is 33.8 Å². The van der Waals surface area contributed by atoms with E-state index in [9.17, 15) is 4.79 Å². The van der Waals surface area contributed by atoms with E-state index in [1.54, 1.807) is 15.8 Å². The number of anilines is 1. The Balaban J connectivity index is 1.57. The van der Waals surface area contributed by atoms with Crippen molar-refractivity contribution in [1.82, 2.24) is 29.9 Å². The van der Waals surface area contributed by atoms with E-state index in [1.165, 1.54) is 0 Å². The quantitative estimate of drug-likeness (QED) is 0.603. The van der Waals surface area contributed by atoms with Crippen LogP contribution in [0.2, 0.25) is 0 Å². The Labute approximate surface area is 170 Å². The van der Waals surface area contributed by atoms with Crippen molar-refractivity contribution in [2.24, 2.45) is 0 Å². The molecule has 29 heavy (non-hydrogen) atoms. The average Bonchev–Trinajstić information content (AvgIpc) is 3.16. The summed E-state index contributed by atoms with van der Waals surface area (Å²) in [4.78, 5) is 25.6. The van der Waals surface area contributed by atoms with Crippen LogP contribution in [0, 0.1) is 13.8 Å². The first-order valence-electron chi connectivity index (χ1n) is 10.00. The van der Waals surface area contributed by atoms with Crippen LogP contribution in [0.25, 0.3) is 0 Å². The predicted molar refractivity (Wildman–Crippen MR) is 107 cm³/mol. The standard InChI is InChI=1S/C19H29N7O3/c1-5-28-18(29-6-2)13-26-12-16(22-23-26)19(27)25-9-7-24(8-10-25)17-11-14(3)20-15(4)21-17/h11-12,18H,5-10,13H2,1-4H3. The fraction of sp³-hybridized carbons (Fsp3) is 0.632. The van der Waals surface area contributed by atoms with Crippen LogP contribution in [-0.4, -0.2) is 81.5 Å². The minimum Gasteiger partial charge on any atom is -0.353 e. The number of carbonyl (C=O) groups is 1. The molecule has 0 aliphatic carbocycles. The van der Waals surface area contributed by atoms with E-state index in [2.05, 4.69) is 25.2 Å². The zero-order chi connectivity index (χ0) is 20.8. The van der Waals surface area contributed by atoms with Crippen LogP contribution >= 0.6 is 0 Å². The highest BCUT2D eigenvalue weighted by Crippen LogP contribution is 2.16. The number of nitrogens with zero attached hydrogens (tertiary/aromatic N) is 7. The number of hydrogen-bond acceptors (Lipinski definition) is 8. The van der Waals surface area contributed by atoms with Crippen molar-refractivity contribution >= 4 is 11.7 Å². The molecule has 1 saturated heterocycles. The molecule has 1 amide bonds. The first kappa shape index (κ1) is 21.1. The number of hydrogen-bond donors (Lipinski definition) is 0. The van der Waals surface area contributed by atoms with Gasteiger partial charge in [0, 0.05) is 51.2 Å². The van der Waals surface area contributed by atoms with Crippen molar-refractivity contribution in [3.8, 4) is 0 Å². The zero-order valence-corrected chi connectivity index (χ0v) is 17.5. The maximum Gasteiger partial charge on any atom is 0.276 e. The van der Waals surface area contributed by atoms with Gasteiger partial charge in [-0.3, -0.25) is 4.79 Å². The second kappa shape index (κ2) is 9.75. The molecule has 0 bridgehead atoms. The lowest BCUT2D eigenvalue weighted by Gasteiger charge is -2.35. The molecule has 158 valence electrons. The van der Waals surface area contributed by atoms with Gasteiger partial charge in [0.05, 0.1) is 12.7 Å². The van der Waals surface area contributed by atoms with Gasteiger partial charge >= 0.3 is 0 Å². The van der Waals surface area contributed by atoms with Crippen molar-refractivity contribution in [2.75, 3.05) is 44.3 Å². The van der Waals surface area contributed by atoms with Gasteiger partial charge in [-0.2, -0.15) is 0 Å². The van der Waals surface area contributed by atoms with Crippen LogP contribution in [0.1, 0.15) is 35.9 Å². The Morgan fingerprint density at radius 3 is 2.41 bits per heavy atom. The molecule has 10 heteroatoms. The summed E-state index contributed by atoms with van der Waals surface area (Å²) in [5, 5.41) is 8.09. The number of ether oxygens (including phenoxy) is 2. The highest BCUT2D eigenvalue weighted by atomic mass is 16.7. The number of piperazine rings is 1. The first-order chi connectivity index (χ1) is 14.0. The van der Waals surface area contributed by atoms with Gasteiger partial charge in [0.25, 0.3) is 5.91 Å². The Hall–Kier alpha value is -2.59. The number of aromatic nitrogens is 5. The van der Waals surface area contributed by atoms with Crippen molar-refractivity contribution < 1.29 is 14.3 Å². The molecule has 0 saturated carbocycles. The predicted octanol–water partition coefficient (Wildman–Crippen LogP) is 1.05.